The molecule has 1 amide bonds. The van der Waals surface area contributed by atoms with Gasteiger partial charge in [-0.25, -0.2) is 0 Å². The zero-order valence-electron chi connectivity index (χ0n) is 10.4. The highest BCUT2D eigenvalue weighted by molar-refractivity contribution is 7.85. The molecule has 18 heavy (non-hydrogen) atoms. The van der Waals surface area contributed by atoms with Gasteiger partial charge >= 0.3 is 0 Å². The van der Waals surface area contributed by atoms with Gasteiger partial charge in [-0.3, -0.25) is 9.00 Å². The molecule has 1 heterocycles. The van der Waals surface area contributed by atoms with Crippen LogP contribution in [0.1, 0.15) is 28.8 Å². The van der Waals surface area contributed by atoms with Crippen LogP contribution in [0, 0.1) is 6.92 Å². The van der Waals surface area contributed by atoms with Crippen LogP contribution in [-0.2, 0) is 10.8 Å². The maximum absolute atomic E-state index is 12.0. The van der Waals surface area contributed by atoms with Gasteiger partial charge in [0.2, 0.25) is 0 Å². The van der Waals surface area contributed by atoms with Crippen molar-refractivity contribution in [2.75, 3.05) is 17.2 Å². The number of rotatable bonds is 2. The number of carbonyl (C=O) groups excluding carboxylic acids is 1. The van der Waals surface area contributed by atoms with Gasteiger partial charge in [0.15, 0.2) is 0 Å². The topological polar surface area (TPSA) is 72.2 Å². The Balaban J connectivity index is 1.99. The van der Waals surface area contributed by atoms with Crippen LogP contribution in [-0.4, -0.2) is 27.7 Å². The average Bonchev–Trinajstić information content (AvgIpc) is 2.35. The summed E-state index contributed by atoms with van der Waals surface area (Å²) < 4.78 is 11.2. The van der Waals surface area contributed by atoms with Gasteiger partial charge in [-0.2, -0.15) is 0 Å². The number of nitrogens with two attached hydrogens (primary N) is 1. The lowest BCUT2D eigenvalue weighted by atomic mass is 10.1. The predicted octanol–water partition coefficient (Wildman–Crippen LogP) is 1.22. The summed E-state index contributed by atoms with van der Waals surface area (Å²) in [6.07, 6.45) is 1.58. The van der Waals surface area contributed by atoms with Crippen LogP contribution in [0.2, 0.25) is 0 Å². The molecule has 0 aromatic heterocycles. The van der Waals surface area contributed by atoms with Crippen molar-refractivity contribution >= 4 is 22.4 Å². The SMILES string of the molecule is Cc1ccc(C(=O)NC2CCS(=O)CC2)cc1N. The van der Waals surface area contributed by atoms with E-state index in [4.69, 9.17) is 5.73 Å². The number of nitrogens with one attached hydrogen (secondary N) is 1. The molecule has 2 rings (SSSR count). The molecule has 3 N–H and O–H groups in total. The first kappa shape index (κ1) is 13.1. The summed E-state index contributed by atoms with van der Waals surface area (Å²) in [5.74, 6) is 1.27. The molecule has 0 atom stereocenters. The minimum atomic E-state index is -0.698. The Bertz CT molecular complexity index is 478. The Hall–Kier alpha value is -1.36. The number of nitrogen functional groups attached to an aromatic ring is 1. The largest absolute Gasteiger partial charge is 0.398 e. The maximum atomic E-state index is 12.0. The second-order valence-corrected chi connectivity index (χ2v) is 6.36. The molecule has 1 aromatic rings. The molecule has 0 radical (unpaired) electrons. The van der Waals surface area contributed by atoms with Crippen molar-refractivity contribution < 1.29 is 9.00 Å². The number of carbonyl (C=O) groups is 1. The van der Waals surface area contributed by atoms with Crippen molar-refractivity contribution in [2.24, 2.45) is 0 Å². The second kappa shape index (κ2) is 5.52. The van der Waals surface area contributed by atoms with Crippen LogP contribution in [0.4, 0.5) is 5.69 Å². The average molecular weight is 266 g/mol. The van der Waals surface area contributed by atoms with Crippen molar-refractivity contribution in [3.8, 4) is 0 Å². The molecule has 1 aliphatic heterocycles. The first-order valence-electron chi connectivity index (χ1n) is 6.08. The van der Waals surface area contributed by atoms with E-state index < -0.39 is 10.8 Å². The minimum Gasteiger partial charge on any atom is -0.398 e. The standard InChI is InChI=1S/C13H18N2O2S/c1-9-2-3-10(8-12(9)14)13(16)15-11-4-6-18(17)7-5-11/h2-3,8,11H,4-7,14H2,1H3,(H,15,16). The Morgan fingerprint density at radius 3 is 2.67 bits per heavy atom. The number of hydrogen-bond acceptors (Lipinski definition) is 3. The summed E-state index contributed by atoms with van der Waals surface area (Å²) >= 11 is 0. The summed E-state index contributed by atoms with van der Waals surface area (Å²) in [5.41, 5.74) is 7.98. The molecule has 1 aliphatic rings. The molecular weight excluding hydrogens is 248 g/mol. The molecule has 0 spiro atoms. The number of benzene rings is 1. The molecule has 0 bridgehead atoms. The summed E-state index contributed by atoms with van der Waals surface area (Å²) in [6, 6.07) is 5.46. The fourth-order valence-corrected chi connectivity index (χ4v) is 3.29. The molecule has 0 unspecified atom stereocenters. The third-order valence-electron chi connectivity index (χ3n) is 3.26. The molecule has 0 aliphatic carbocycles. The van der Waals surface area contributed by atoms with Crippen molar-refractivity contribution in [2.45, 2.75) is 25.8 Å². The number of hydrogen-bond donors (Lipinski definition) is 2. The minimum absolute atomic E-state index is 0.0978. The number of aryl methyl sites for hydroxylation is 1. The number of anilines is 1. The van der Waals surface area contributed by atoms with E-state index in [9.17, 15) is 9.00 Å². The Morgan fingerprint density at radius 1 is 1.39 bits per heavy atom. The summed E-state index contributed by atoms with van der Waals surface area (Å²) in [6.45, 7) is 1.91. The van der Waals surface area contributed by atoms with Crippen molar-refractivity contribution in [3.05, 3.63) is 29.3 Å². The van der Waals surface area contributed by atoms with Crippen LogP contribution in [0.15, 0.2) is 18.2 Å². The van der Waals surface area contributed by atoms with E-state index in [0.29, 0.717) is 22.8 Å². The van der Waals surface area contributed by atoms with Crippen LogP contribution >= 0.6 is 0 Å². The van der Waals surface area contributed by atoms with E-state index in [-0.39, 0.29) is 11.9 Å². The van der Waals surface area contributed by atoms with Gasteiger partial charge in [0.05, 0.1) is 0 Å². The zero-order valence-corrected chi connectivity index (χ0v) is 11.3. The Labute approximate surface area is 109 Å². The lowest BCUT2D eigenvalue weighted by Crippen LogP contribution is -2.39. The lowest BCUT2D eigenvalue weighted by Gasteiger charge is -2.22. The van der Waals surface area contributed by atoms with E-state index >= 15 is 0 Å². The smallest absolute Gasteiger partial charge is 0.251 e. The molecule has 98 valence electrons. The van der Waals surface area contributed by atoms with E-state index in [0.717, 1.165) is 18.4 Å². The second-order valence-electron chi connectivity index (χ2n) is 4.67. The molecule has 1 aromatic carbocycles. The molecule has 1 saturated heterocycles. The molecule has 1 fully saturated rings. The Morgan fingerprint density at radius 2 is 2.06 bits per heavy atom. The van der Waals surface area contributed by atoms with Crippen LogP contribution < -0.4 is 11.1 Å². The van der Waals surface area contributed by atoms with Gasteiger partial charge in [-0.15, -0.1) is 0 Å². The van der Waals surface area contributed by atoms with Gasteiger partial charge in [-0.1, -0.05) is 6.07 Å². The summed E-state index contributed by atoms with van der Waals surface area (Å²) in [5, 5.41) is 2.97. The first-order valence-corrected chi connectivity index (χ1v) is 7.57. The van der Waals surface area contributed by atoms with E-state index in [2.05, 4.69) is 5.32 Å². The monoisotopic (exact) mass is 266 g/mol. The van der Waals surface area contributed by atoms with Crippen molar-refractivity contribution in [1.29, 1.82) is 0 Å². The Kier molecular flexibility index (Phi) is 4.01. The molecule has 4 nitrogen and oxygen atoms in total. The van der Waals surface area contributed by atoms with E-state index in [1.807, 2.05) is 13.0 Å². The van der Waals surface area contributed by atoms with E-state index in [1.165, 1.54) is 0 Å². The summed E-state index contributed by atoms with van der Waals surface area (Å²) in [4.78, 5) is 12.0. The molecular formula is C13H18N2O2S. The highest BCUT2D eigenvalue weighted by atomic mass is 32.2. The zero-order chi connectivity index (χ0) is 13.1. The maximum Gasteiger partial charge on any atom is 0.251 e. The van der Waals surface area contributed by atoms with E-state index in [1.54, 1.807) is 12.1 Å². The van der Waals surface area contributed by atoms with Crippen molar-refractivity contribution in [1.82, 2.24) is 5.32 Å². The highest BCUT2D eigenvalue weighted by Crippen LogP contribution is 2.14. The van der Waals surface area contributed by atoms with Crippen LogP contribution in [0.5, 0.6) is 0 Å². The fraction of sp³-hybridized carbons (Fsp3) is 0.462. The lowest BCUT2D eigenvalue weighted by molar-refractivity contribution is 0.0934. The quantitative estimate of drug-likeness (QED) is 0.791. The third-order valence-corrected chi connectivity index (χ3v) is 4.65. The van der Waals surface area contributed by atoms with Crippen LogP contribution in [0.3, 0.4) is 0 Å². The highest BCUT2D eigenvalue weighted by Gasteiger charge is 2.20. The third kappa shape index (κ3) is 3.10. The molecule has 5 heteroatoms. The van der Waals surface area contributed by atoms with Crippen LogP contribution in [0.25, 0.3) is 0 Å². The van der Waals surface area contributed by atoms with Gasteiger partial charge < -0.3 is 11.1 Å². The van der Waals surface area contributed by atoms with Gasteiger partial charge in [0.1, 0.15) is 0 Å². The summed E-state index contributed by atoms with van der Waals surface area (Å²) in [7, 11) is -0.698. The first-order chi connectivity index (χ1) is 8.56. The fourth-order valence-electron chi connectivity index (χ4n) is 1.99. The normalized spacial score (nSPS) is 23.6. The van der Waals surface area contributed by atoms with Gasteiger partial charge in [0.25, 0.3) is 5.91 Å². The van der Waals surface area contributed by atoms with Crippen molar-refractivity contribution in [3.63, 3.8) is 0 Å². The predicted molar refractivity (Wildman–Crippen MR) is 74.0 cm³/mol. The van der Waals surface area contributed by atoms with Gasteiger partial charge in [-0.05, 0) is 37.5 Å². The van der Waals surface area contributed by atoms with Gasteiger partial charge in [0, 0.05) is 39.6 Å². The molecule has 0 saturated carbocycles. The number of amides is 1.